The van der Waals surface area contributed by atoms with Crippen LogP contribution in [-0.4, -0.2) is 39.7 Å². The normalized spacial score (nSPS) is 20.5. The molecular weight excluding hydrogens is 425 g/mol. The fourth-order valence-electron chi connectivity index (χ4n) is 3.81. The van der Waals surface area contributed by atoms with Crippen molar-refractivity contribution in [3.8, 4) is 0 Å². The predicted molar refractivity (Wildman–Crippen MR) is 121 cm³/mol. The molecule has 0 aliphatic carbocycles. The predicted octanol–water partition coefficient (Wildman–Crippen LogP) is 3.53. The Morgan fingerprint density at radius 3 is 2.36 bits per heavy atom. The highest BCUT2D eigenvalue weighted by Gasteiger charge is 2.46. The van der Waals surface area contributed by atoms with Crippen molar-refractivity contribution >= 4 is 17.2 Å². The number of ether oxygens (including phenoxy) is 2. The number of nitrogens with zero attached hydrogens (tertiary/aromatic N) is 4. The number of nitrogen functional groups attached to an aromatic ring is 1. The Balaban J connectivity index is 1.35. The minimum Gasteiger partial charge on any atom is -0.382 e. The van der Waals surface area contributed by atoms with Crippen molar-refractivity contribution in [2.75, 3.05) is 17.4 Å². The maximum absolute atomic E-state index is 15.7. The fraction of sp³-hybridized carbons (Fsp3) is 0.250. The summed E-state index contributed by atoms with van der Waals surface area (Å²) in [6.07, 6.45) is -1.78. The molecule has 1 aliphatic rings. The number of fused-ring (bicyclic) bond motifs is 1. The second kappa shape index (κ2) is 9.53. The molecule has 0 spiro atoms. The Hall–Kier alpha value is -3.53. The first-order valence-corrected chi connectivity index (χ1v) is 10.7. The van der Waals surface area contributed by atoms with Gasteiger partial charge >= 0.3 is 0 Å². The smallest absolute Gasteiger partial charge is 0.226 e. The van der Waals surface area contributed by atoms with Gasteiger partial charge < -0.3 is 15.2 Å². The van der Waals surface area contributed by atoms with Gasteiger partial charge in [0.1, 0.15) is 24.1 Å². The number of hydrogen-bond donors (Lipinski definition) is 1. The summed E-state index contributed by atoms with van der Waals surface area (Å²) in [7, 11) is 0. The third-order valence-corrected chi connectivity index (χ3v) is 5.48. The molecule has 8 nitrogen and oxygen atoms in total. The molecule has 1 fully saturated rings. The third kappa shape index (κ3) is 4.51. The van der Waals surface area contributed by atoms with Gasteiger partial charge in [-0.15, -0.1) is 0 Å². The molecule has 3 atom stereocenters. The number of halogens is 1. The molecule has 4 aromatic rings. The van der Waals surface area contributed by atoms with Crippen LogP contribution in [0.1, 0.15) is 11.1 Å². The van der Waals surface area contributed by atoms with E-state index >= 15 is 4.39 Å². The minimum atomic E-state index is -1.58. The molecule has 0 bridgehead atoms. The van der Waals surface area contributed by atoms with E-state index in [-0.39, 0.29) is 13.2 Å². The monoisotopic (exact) mass is 449 g/mol. The van der Waals surface area contributed by atoms with Gasteiger partial charge in [0, 0.05) is 0 Å². The highest BCUT2D eigenvalue weighted by atomic mass is 19.1. The molecule has 0 radical (unpaired) electrons. The van der Waals surface area contributed by atoms with E-state index in [1.165, 1.54) is 15.9 Å². The average molecular weight is 449 g/mol. The molecule has 2 N–H and O–H groups in total. The van der Waals surface area contributed by atoms with Crippen LogP contribution < -0.4 is 10.8 Å². The van der Waals surface area contributed by atoms with E-state index < -0.39 is 18.5 Å². The molecule has 1 saturated heterocycles. The van der Waals surface area contributed by atoms with Gasteiger partial charge in [0.25, 0.3) is 0 Å². The lowest BCUT2D eigenvalue weighted by molar-refractivity contribution is -0.0688. The molecule has 0 saturated carbocycles. The number of anilines is 2. The topological polar surface area (TPSA) is 87.1 Å². The third-order valence-electron chi connectivity index (χ3n) is 5.48. The van der Waals surface area contributed by atoms with Crippen LogP contribution in [0.4, 0.5) is 16.0 Å². The number of hydrogen-bond acceptors (Lipinski definition) is 7. The van der Waals surface area contributed by atoms with Crippen molar-refractivity contribution in [3.63, 3.8) is 0 Å². The van der Waals surface area contributed by atoms with Crippen molar-refractivity contribution in [1.29, 1.82) is 0 Å². The Labute approximate surface area is 190 Å². The summed E-state index contributed by atoms with van der Waals surface area (Å²) >= 11 is 0. The Morgan fingerprint density at radius 2 is 1.64 bits per heavy atom. The molecule has 33 heavy (non-hydrogen) atoms. The minimum absolute atomic E-state index is 0.158. The Bertz CT molecular complexity index is 1190. The number of aromatic nitrogens is 3. The molecule has 9 heteroatoms. The molecular formula is C24H24FN5O3. The average Bonchev–Trinajstić information content (AvgIpc) is 3.41. The SMILES string of the molecule is Nc1ncnn2c(N3O[C@H](COCc4ccccc4)[C@@H](OCc4ccccc4)[C@H]3F)ccc12. The van der Waals surface area contributed by atoms with Crippen LogP contribution in [0.25, 0.3) is 5.52 Å². The maximum Gasteiger partial charge on any atom is 0.226 e. The van der Waals surface area contributed by atoms with E-state index in [1.54, 1.807) is 12.1 Å². The lowest BCUT2D eigenvalue weighted by atomic mass is 10.2. The molecule has 2 aromatic heterocycles. The van der Waals surface area contributed by atoms with Crippen LogP contribution in [-0.2, 0) is 27.5 Å². The van der Waals surface area contributed by atoms with Gasteiger partial charge in [-0.2, -0.15) is 10.2 Å². The van der Waals surface area contributed by atoms with Gasteiger partial charge in [0.05, 0.1) is 19.8 Å². The van der Waals surface area contributed by atoms with Crippen molar-refractivity contribution in [2.45, 2.75) is 31.7 Å². The first-order valence-electron chi connectivity index (χ1n) is 10.7. The molecule has 2 aromatic carbocycles. The number of hydroxylamine groups is 1. The summed E-state index contributed by atoms with van der Waals surface area (Å²) in [4.78, 5) is 9.97. The highest BCUT2D eigenvalue weighted by molar-refractivity contribution is 5.69. The van der Waals surface area contributed by atoms with Crippen molar-refractivity contribution in [3.05, 3.63) is 90.3 Å². The molecule has 5 rings (SSSR count). The van der Waals surface area contributed by atoms with E-state index in [2.05, 4.69) is 10.1 Å². The number of rotatable bonds is 8. The summed E-state index contributed by atoms with van der Waals surface area (Å²) in [5, 5.41) is 5.36. The number of benzene rings is 2. The standard InChI is InChI=1S/C24H24FN5O3/c25-23-22(32-14-18-9-5-2-6-10-18)20(15-31-13-17-7-3-1-4-8-17)33-30(23)21-12-11-19-24(26)27-16-28-29(19)21/h1-12,16,20,22-23H,13-15H2,(H2,26,27,28)/t20-,22-,23+/m1/s1. The fourth-order valence-corrected chi connectivity index (χ4v) is 3.81. The van der Waals surface area contributed by atoms with Crippen molar-refractivity contribution in [2.24, 2.45) is 0 Å². The molecule has 3 heterocycles. The van der Waals surface area contributed by atoms with Gasteiger partial charge in [0.15, 0.2) is 11.6 Å². The zero-order valence-electron chi connectivity index (χ0n) is 17.8. The van der Waals surface area contributed by atoms with Gasteiger partial charge in [-0.25, -0.2) is 13.9 Å². The van der Waals surface area contributed by atoms with Gasteiger partial charge in [-0.05, 0) is 23.3 Å². The first kappa shape index (κ1) is 21.3. The lowest BCUT2D eigenvalue weighted by Gasteiger charge is -2.19. The molecule has 0 unspecified atom stereocenters. The summed E-state index contributed by atoms with van der Waals surface area (Å²) < 4.78 is 29.0. The van der Waals surface area contributed by atoms with E-state index in [4.69, 9.17) is 20.0 Å². The van der Waals surface area contributed by atoms with E-state index in [1.807, 2.05) is 60.7 Å². The van der Waals surface area contributed by atoms with Crippen LogP contribution in [0.3, 0.4) is 0 Å². The largest absolute Gasteiger partial charge is 0.382 e. The second-order valence-electron chi connectivity index (χ2n) is 7.74. The molecule has 0 amide bonds. The number of nitrogens with two attached hydrogens (primary N) is 1. The zero-order chi connectivity index (χ0) is 22.6. The van der Waals surface area contributed by atoms with Crippen LogP contribution in [0, 0.1) is 0 Å². The summed E-state index contributed by atoms with van der Waals surface area (Å²) in [6, 6.07) is 22.8. The van der Waals surface area contributed by atoms with Crippen LogP contribution in [0.2, 0.25) is 0 Å². The summed E-state index contributed by atoms with van der Waals surface area (Å²) in [6.45, 7) is 0.801. The quantitative estimate of drug-likeness (QED) is 0.412. The first-order chi connectivity index (χ1) is 16.2. The van der Waals surface area contributed by atoms with Gasteiger partial charge in [-0.1, -0.05) is 60.7 Å². The highest BCUT2D eigenvalue weighted by Crippen LogP contribution is 2.33. The Morgan fingerprint density at radius 1 is 0.939 bits per heavy atom. The van der Waals surface area contributed by atoms with Crippen molar-refractivity contribution < 1.29 is 18.7 Å². The van der Waals surface area contributed by atoms with Gasteiger partial charge in [0.2, 0.25) is 6.30 Å². The number of alkyl halides is 1. The Kier molecular flexibility index (Phi) is 6.16. The summed E-state index contributed by atoms with van der Waals surface area (Å²) in [5.41, 5.74) is 8.45. The van der Waals surface area contributed by atoms with E-state index in [9.17, 15) is 0 Å². The molecule has 170 valence electrons. The lowest BCUT2D eigenvalue weighted by Crippen LogP contribution is -2.36. The maximum atomic E-state index is 15.7. The summed E-state index contributed by atoms with van der Waals surface area (Å²) in [5.74, 6) is 0.691. The van der Waals surface area contributed by atoms with Crippen LogP contribution in [0.5, 0.6) is 0 Å². The van der Waals surface area contributed by atoms with E-state index in [0.717, 1.165) is 11.1 Å². The van der Waals surface area contributed by atoms with Crippen LogP contribution in [0.15, 0.2) is 79.1 Å². The van der Waals surface area contributed by atoms with E-state index in [0.29, 0.717) is 23.8 Å². The van der Waals surface area contributed by atoms with Crippen LogP contribution >= 0.6 is 0 Å². The van der Waals surface area contributed by atoms with Crippen molar-refractivity contribution in [1.82, 2.24) is 14.6 Å². The molecule has 1 aliphatic heterocycles. The van der Waals surface area contributed by atoms with Gasteiger partial charge in [-0.3, -0.25) is 4.84 Å². The zero-order valence-corrected chi connectivity index (χ0v) is 17.8. The second-order valence-corrected chi connectivity index (χ2v) is 7.74.